The van der Waals surface area contributed by atoms with E-state index in [1.165, 1.54) is 0 Å². The highest BCUT2D eigenvalue weighted by Crippen LogP contribution is 2.18. The quantitative estimate of drug-likeness (QED) is 0.758. The van der Waals surface area contributed by atoms with E-state index in [0.29, 0.717) is 27.6 Å². The minimum atomic E-state index is 0.0689. The van der Waals surface area contributed by atoms with Crippen LogP contribution >= 0.6 is 11.6 Å². The summed E-state index contributed by atoms with van der Waals surface area (Å²) in [6.45, 7) is 0.244. The van der Waals surface area contributed by atoms with E-state index < -0.39 is 0 Å². The highest BCUT2D eigenvalue weighted by molar-refractivity contribution is 6.30. The first-order valence-corrected chi connectivity index (χ1v) is 6.42. The third-order valence-corrected chi connectivity index (χ3v) is 2.95. The Balaban J connectivity index is 1.83. The van der Waals surface area contributed by atoms with E-state index in [1.54, 1.807) is 30.5 Å². The minimum Gasteiger partial charge on any atom is -0.487 e. The van der Waals surface area contributed by atoms with Crippen LogP contribution in [0.2, 0.25) is 5.02 Å². The van der Waals surface area contributed by atoms with Gasteiger partial charge in [0.25, 0.3) is 0 Å². The van der Waals surface area contributed by atoms with Crippen molar-refractivity contribution in [1.82, 2.24) is 19.9 Å². The molecule has 2 aromatic heterocycles. The first-order chi connectivity index (χ1) is 10.1. The summed E-state index contributed by atoms with van der Waals surface area (Å²) < 4.78 is 5.59. The number of halogens is 1. The predicted octanol–water partition coefficient (Wildman–Crippen LogP) is 1.82. The van der Waals surface area contributed by atoms with Crippen molar-refractivity contribution in [2.45, 2.75) is 6.61 Å². The Morgan fingerprint density at radius 2 is 1.81 bits per heavy atom. The van der Waals surface area contributed by atoms with Crippen LogP contribution in [0.15, 0.2) is 30.5 Å². The molecule has 0 radical (unpaired) electrons. The second kappa shape index (κ2) is 5.37. The molecular formula is C13H11ClN6O. The molecule has 0 amide bonds. The lowest BCUT2D eigenvalue weighted by Crippen LogP contribution is -2.05. The Hall–Kier alpha value is -2.67. The van der Waals surface area contributed by atoms with Crippen LogP contribution in [0, 0.1) is 0 Å². The number of fused-ring (bicyclic) bond motifs is 1. The molecule has 0 aliphatic carbocycles. The fraction of sp³-hybridized carbons (Fsp3) is 0.0769. The summed E-state index contributed by atoms with van der Waals surface area (Å²) >= 11 is 5.81. The summed E-state index contributed by atoms with van der Waals surface area (Å²) in [6.07, 6.45) is 1.56. The SMILES string of the molecule is Nc1nc(N)c2nc(COc3ccc(Cl)cc3)cnc2n1. The van der Waals surface area contributed by atoms with E-state index in [1.807, 2.05) is 0 Å². The summed E-state index contributed by atoms with van der Waals surface area (Å²) in [5.74, 6) is 0.945. The van der Waals surface area contributed by atoms with Gasteiger partial charge in [0.2, 0.25) is 5.95 Å². The van der Waals surface area contributed by atoms with Crippen LogP contribution in [0.3, 0.4) is 0 Å². The van der Waals surface area contributed by atoms with Crippen LogP contribution in [0.25, 0.3) is 11.2 Å². The lowest BCUT2D eigenvalue weighted by molar-refractivity contribution is 0.301. The van der Waals surface area contributed by atoms with E-state index in [2.05, 4.69) is 19.9 Å². The smallest absolute Gasteiger partial charge is 0.224 e. The summed E-state index contributed by atoms with van der Waals surface area (Å²) in [6, 6.07) is 7.04. The van der Waals surface area contributed by atoms with Gasteiger partial charge in [-0.15, -0.1) is 0 Å². The Kier molecular flexibility index (Phi) is 3.41. The van der Waals surface area contributed by atoms with Gasteiger partial charge in [0.05, 0.1) is 11.9 Å². The molecule has 0 bridgehead atoms. The van der Waals surface area contributed by atoms with Crippen LogP contribution in [-0.2, 0) is 6.61 Å². The summed E-state index contributed by atoms with van der Waals surface area (Å²) in [5.41, 5.74) is 12.6. The Morgan fingerprint density at radius 1 is 1.05 bits per heavy atom. The van der Waals surface area contributed by atoms with Gasteiger partial charge in [0.1, 0.15) is 12.4 Å². The van der Waals surface area contributed by atoms with Gasteiger partial charge >= 0.3 is 0 Å². The summed E-state index contributed by atoms with van der Waals surface area (Å²) in [7, 11) is 0. The highest BCUT2D eigenvalue weighted by atomic mass is 35.5. The third kappa shape index (κ3) is 2.92. The standard InChI is InChI=1S/C13H11ClN6O/c14-7-1-3-9(4-2-7)21-6-8-5-17-12-10(18-8)11(15)19-13(16)20-12/h1-5H,6H2,(H4,15,16,17,19,20). The number of rotatable bonds is 3. The molecule has 0 saturated heterocycles. The molecular weight excluding hydrogens is 292 g/mol. The molecule has 0 unspecified atom stereocenters. The third-order valence-electron chi connectivity index (χ3n) is 2.70. The maximum Gasteiger partial charge on any atom is 0.224 e. The van der Waals surface area contributed by atoms with Crippen molar-refractivity contribution in [3.8, 4) is 5.75 Å². The maximum atomic E-state index is 5.81. The number of nitrogens with zero attached hydrogens (tertiary/aromatic N) is 4. The zero-order chi connectivity index (χ0) is 14.8. The Bertz CT molecular complexity index is 793. The number of anilines is 2. The van der Waals surface area contributed by atoms with Crippen molar-refractivity contribution in [2.24, 2.45) is 0 Å². The number of ether oxygens (including phenoxy) is 1. The van der Waals surface area contributed by atoms with Crippen LogP contribution in [0.1, 0.15) is 5.69 Å². The number of nitrogen functional groups attached to an aromatic ring is 2. The van der Waals surface area contributed by atoms with E-state index in [0.717, 1.165) is 0 Å². The van der Waals surface area contributed by atoms with Crippen LogP contribution in [0.4, 0.5) is 11.8 Å². The van der Waals surface area contributed by atoms with Gasteiger partial charge in [0, 0.05) is 5.02 Å². The molecule has 3 rings (SSSR count). The highest BCUT2D eigenvalue weighted by Gasteiger charge is 2.08. The molecule has 21 heavy (non-hydrogen) atoms. The summed E-state index contributed by atoms with van der Waals surface area (Å²) in [4.78, 5) is 16.3. The number of hydrogen-bond acceptors (Lipinski definition) is 7. The minimum absolute atomic E-state index is 0.0689. The van der Waals surface area contributed by atoms with Gasteiger partial charge in [-0.25, -0.2) is 9.97 Å². The fourth-order valence-corrected chi connectivity index (χ4v) is 1.87. The van der Waals surface area contributed by atoms with Crippen molar-refractivity contribution < 1.29 is 4.74 Å². The van der Waals surface area contributed by atoms with E-state index in [4.69, 9.17) is 27.8 Å². The first-order valence-electron chi connectivity index (χ1n) is 6.05. The molecule has 0 fully saturated rings. The topological polar surface area (TPSA) is 113 Å². The Labute approximate surface area is 125 Å². The lowest BCUT2D eigenvalue weighted by atomic mass is 10.3. The summed E-state index contributed by atoms with van der Waals surface area (Å²) in [5, 5.41) is 0.648. The molecule has 2 heterocycles. The molecule has 7 nitrogen and oxygen atoms in total. The van der Waals surface area contributed by atoms with Crippen molar-refractivity contribution >= 4 is 34.5 Å². The normalized spacial score (nSPS) is 10.7. The molecule has 0 spiro atoms. The molecule has 3 aromatic rings. The number of nitrogens with two attached hydrogens (primary N) is 2. The van der Waals surface area contributed by atoms with Crippen LogP contribution < -0.4 is 16.2 Å². The lowest BCUT2D eigenvalue weighted by Gasteiger charge is -2.07. The molecule has 0 aliphatic heterocycles. The molecule has 0 aliphatic rings. The zero-order valence-corrected chi connectivity index (χ0v) is 11.6. The Morgan fingerprint density at radius 3 is 2.57 bits per heavy atom. The van der Waals surface area contributed by atoms with E-state index in [9.17, 15) is 0 Å². The maximum absolute atomic E-state index is 5.81. The average Bonchev–Trinajstić information content (AvgIpc) is 2.47. The molecule has 1 aromatic carbocycles. The molecule has 4 N–H and O–H groups in total. The second-order valence-corrected chi connectivity index (χ2v) is 4.68. The van der Waals surface area contributed by atoms with Gasteiger partial charge < -0.3 is 16.2 Å². The van der Waals surface area contributed by atoms with Crippen molar-refractivity contribution in [1.29, 1.82) is 0 Å². The number of hydrogen-bond donors (Lipinski definition) is 2. The van der Waals surface area contributed by atoms with Gasteiger partial charge in [-0.1, -0.05) is 11.6 Å². The molecule has 106 valence electrons. The van der Waals surface area contributed by atoms with Gasteiger partial charge in [-0.2, -0.15) is 9.97 Å². The molecule has 8 heteroatoms. The van der Waals surface area contributed by atoms with Crippen molar-refractivity contribution in [3.05, 3.63) is 41.2 Å². The monoisotopic (exact) mass is 302 g/mol. The zero-order valence-electron chi connectivity index (χ0n) is 10.8. The first kappa shape index (κ1) is 13.3. The molecule has 0 atom stereocenters. The van der Waals surface area contributed by atoms with Gasteiger partial charge in [-0.05, 0) is 24.3 Å². The molecule has 0 saturated carbocycles. The average molecular weight is 303 g/mol. The van der Waals surface area contributed by atoms with Crippen molar-refractivity contribution in [2.75, 3.05) is 11.5 Å². The number of benzene rings is 1. The van der Waals surface area contributed by atoms with Crippen LogP contribution in [0.5, 0.6) is 5.75 Å². The van der Waals surface area contributed by atoms with Gasteiger partial charge in [0.15, 0.2) is 17.0 Å². The predicted molar refractivity (Wildman–Crippen MR) is 79.7 cm³/mol. The van der Waals surface area contributed by atoms with Crippen molar-refractivity contribution in [3.63, 3.8) is 0 Å². The van der Waals surface area contributed by atoms with Crippen LogP contribution in [-0.4, -0.2) is 19.9 Å². The van der Waals surface area contributed by atoms with Gasteiger partial charge in [-0.3, -0.25) is 0 Å². The number of aromatic nitrogens is 4. The van der Waals surface area contributed by atoms with E-state index >= 15 is 0 Å². The second-order valence-electron chi connectivity index (χ2n) is 4.24. The van der Waals surface area contributed by atoms with E-state index in [-0.39, 0.29) is 18.4 Å². The largest absolute Gasteiger partial charge is 0.487 e. The fourth-order valence-electron chi connectivity index (χ4n) is 1.74.